The van der Waals surface area contributed by atoms with E-state index in [2.05, 4.69) is 25.7 Å². The Morgan fingerprint density at radius 2 is 2.22 bits per heavy atom. The van der Waals surface area contributed by atoms with E-state index in [9.17, 15) is 4.79 Å². The third-order valence-electron chi connectivity index (χ3n) is 4.37. The van der Waals surface area contributed by atoms with Crippen molar-refractivity contribution in [2.45, 2.75) is 18.9 Å². The number of H-pyrrole nitrogens is 1. The molecular formula is C17H18Cl2N6O2. The lowest BCUT2D eigenvalue weighted by Crippen LogP contribution is -2.29. The van der Waals surface area contributed by atoms with Crippen molar-refractivity contribution >= 4 is 34.8 Å². The molecule has 0 spiro atoms. The summed E-state index contributed by atoms with van der Waals surface area (Å²) in [5, 5.41) is 11.7. The van der Waals surface area contributed by atoms with E-state index in [0.29, 0.717) is 40.5 Å². The van der Waals surface area contributed by atoms with Crippen LogP contribution in [0, 0.1) is 0 Å². The van der Waals surface area contributed by atoms with Crippen molar-refractivity contribution in [1.29, 1.82) is 0 Å². The topological polar surface area (TPSA) is 96.3 Å². The van der Waals surface area contributed by atoms with Gasteiger partial charge >= 0.3 is 5.69 Å². The van der Waals surface area contributed by atoms with Crippen LogP contribution in [-0.2, 0) is 0 Å². The average Bonchev–Trinajstić information content (AvgIpc) is 3.11. The second-order valence-corrected chi connectivity index (χ2v) is 7.07. The van der Waals surface area contributed by atoms with E-state index >= 15 is 0 Å². The molecule has 0 radical (unpaired) electrons. The third kappa shape index (κ3) is 3.87. The highest BCUT2D eigenvalue weighted by Crippen LogP contribution is 2.39. The van der Waals surface area contributed by atoms with Crippen LogP contribution in [0.2, 0.25) is 10.0 Å². The molecule has 0 saturated carbocycles. The number of halogens is 2. The lowest BCUT2D eigenvalue weighted by Gasteiger charge is -2.27. The molecule has 1 atom stereocenters. The van der Waals surface area contributed by atoms with Crippen molar-refractivity contribution in [2.24, 2.45) is 0 Å². The summed E-state index contributed by atoms with van der Waals surface area (Å²) in [6.07, 6.45) is 3.23. The molecule has 4 rings (SSSR count). The molecule has 1 aliphatic heterocycles. The van der Waals surface area contributed by atoms with Crippen LogP contribution in [-0.4, -0.2) is 39.3 Å². The first kappa shape index (κ1) is 18.1. The van der Waals surface area contributed by atoms with Crippen LogP contribution in [0.5, 0.6) is 5.75 Å². The number of hydrogen-bond donors (Lipinski definition) is 3. The zero-order valence-corrected chi connectivity index (χ0v) is 15.8. The number of fused-ring (bicyclic) bond motifs is 2. The van der Waals surface area contributed by atoms with Crippen LogP contribution < -0.4 is 21.1 Å². The molecule has 0 bridgehead atoms. The number of nitrogens with zero attached hydrogens (tertiary/aromatic N) is 3. The van der Waals surface area contributed by atoms with Crippen molar-refractivity contribution < 1.29 is 4.74 Å². The minimum absolute atomic E-state index is 0.144. The van der Waals surface area contributed by atoms with E-state index in [-0.39, 0.29) is 11.7 Å². The molecule has 3 heterocycles. The molecule has 0 saturated heterocycles. The van der Waals surface area contributed by atoms with Crippen molar-refractivity contribution in [3.8, 4) is 5.75 Å². The van der Waals surface area contributed by atoms with E-state index in [1.807, 2.05) is 6.07 Å². The molecule has 2 aromatic heterocycles. The van der Waals surface area contributed by atoms with Gasteiger partial charge in [-0.15, -0.1) is 0 Å². The summed E-state index contributed by atoms with van der Waals surface area (Å²) in [5.74, 6) is 1.14. The molecule has 27 heavy (non-hydrogen) atoms. The molecule has 3 N–H and O–H groups in total. The smallest absolute Gasteiger partial charge is 0.350 e. The minimum atomic E-state index is -0.321. The Hall–Kier alpha value is -2.29. The van der Waals surface area contributed by atoms with Crippen molar-refractivity contribution in [1.82, 2.24) is 24.9 Å². The van der Waals surface area contributed by atoms with Gasteiger partial charge in [0, 0.05) is 35.7 Å². The number of rotatable bonds is 6. The molecule has 8 nitrogen and oxygen atoms in total. The van der Waals surface area contributed by atoms with Crippen LogP contribution in [0.3, 0.4) is 0 Å². The fourth-order valence-electron chi connectivity index (χ4n) is 3.13. The summed E-state index contributed by atoms with van der Waals surface area (Å²) in [4.78, 5) is 18.8. The van der Waals surface area contributed by atoms with Crippen molar-refractivity contribution in [3.05, 3.63) is 50.5 Å². The summed E-state index contributed by atoms with van der Waals surface area (Å²) in [6, 6.07) is 5.42. The first-order valence-electron chi connectivity index (χ1n) is 8.65. The summed E-state index contributed by atoms with van der Waals surface area (Å²) in [7, 11) is 0. The monoisotopic (exact) mass is 408 g/mol. The van der Waals surface area contributed by atoms with Gasteiger partial charge in [-0.3, -0.25) is 4.98 Å². The number of benzene rings is 1. The van der Waals surface area contributed by atoms with Gasteiger partial charge < -0.3 is 15.4 Å². The number of aromatic amines is 1. The van der Waals surface area contributed by atoms with E-state index in [1.165, 1.54) is 10.7 Å². The Morgan fingerprint density at radius 1 is 1.33 bits per heavy atom. The number of aromatic nitrogens is 4. The fraction of sp³-hybridized carbons (Fsp3) is 0.353. The predicted octanol–water partition coefficient (Wildman–Crippen LogP) is 2.64. The maximum Gasteiger partial charge on any atom is 0.350 e. The summed E-state index contributed by atoms with van der Waals surface area (Å²) in [5.41, 5.74) is 1.18. The second-order valence-electron chi connectivity index (χ2n) is 6.22. The molecule has 10 heteroatoms. The van der Waals surface area contributed by atoms with Gasteiger partial charge in [0.05, 0.1) is 17.8 Å². The Balaban J connectivity index is 1.31. The zero-order valence-electron chi connectivity index (χ0n) is 14.3. The molecular weight excluding hydrogens is 391 g/mol. The molecule has 0 fully saturated rings. The van der Waals surface area contributed by atoms with E-state index < -0.39 is 0 Å². The second kappa shape index (κ2) is 7.75. The molecule has 0 amide bonds. The first-order chi connectivity index (χ1) is 13.1. The quantitative estimate of drug-likeness (QED) is 0.542. The minimum Gasteiger partial charge on any atom is -0.492 e. The van der Waals surface area contributed by atoms with Gasteiger partial charge in [0.2, 0.25) is 5.95 Å². The first-order valence-corrected chi connectivity index (χ1v) is 9.40. The van der Waals surface area contributed by atoms with E-state index in [1.54, 1.807) is 12.1 Å². The van der Waals surface area contributed by atoms with Gasteiger partial charge in [-0.25, -0.2) is 4.79 Å². The zero-order chi connectivity index (χ0) is 18.8. The van der Waals surface area contributed by atoms with Crippen molar-refractivity contribution in [2.75, 3.05) is 25.0 Å². The molecule has 0 aliphatic carbocycles. The highest BCUT2D eigenvalue weighted by atomic mass is 35.5. The van der Waals surface area contributed by atoms with Crippen LogP contribution >= 0.6 is 23.2 Å². The highest BCUT2D eigenvalue weighted by Gasteiger charge is 2.23. The number of nitrogens with one attached hydrogen (secondary N) is 3. The van der Waals surface area contributed by atoms with E-state index in [0.717, 1.165) is 24.9 Å². The molecule has 1 aromatic carbocycles. The van der Waals surface area contributed by atoms with Crippen molar-refractivity contribution in [3.63, 3.8) is 0 Å². The van der Waals surface area contributed by atoms with Gasteiger partial charge in [-0.05, 0) is 25.1 Å². The van der Waals surface area contributed by atoms with Gasteiger partial charge in [0.1, 0.15) is 5.75 Å². The number of ether oxygens (including phenoxy) is 1. The van der Waals surface area contributed by atoms with Gasteiger partial charge in [-0.1, -0.05) is 23.2 Å². The number of anilines is 1. The molecule has 1 aliphatic rings. The summed E-state index contributed by atoms with van der Waals surface area (Å²) >= 11 is 12.3. The van der Waals surface area contributed by atoms with Gasteiger partial charge in [0.15, 0.2) is 5.65 Å². The Kier molecular flexibility index (Phi) is 5.20. The normalized spacial score (nSPS) is 16.1. The van der Waals surface area contributed by atoms with Crippen LogP contribution in [0.25, 0.3) is 5.65 Å². The third-order valence-corrected chi connectivity index (χ3v) is 4.87. The highest BCUT2D eigenvalue weighted by molar-refractivity contribution is 6.35. The largest absolute Gasteiger partial charge is 0.492 e. The molecule has 142 valence electrons. The SMILES string of the molecule is O=c1[nH]c(NCCCN[C@@H]2CCOc3c(Cl)cc(Cl)cc32)nc2ccnn12. The van der Waals surface area contributed by atoms with E-state index in [4.69, 9.17) is 27.9 Å². The Morgan fingerprint density at radius 3 is 3.11 bits per heavy atom. The van der Waals surface area contributed by atoms with Gasteiger partial charge in [0.25, 0.3) is 0 Å². The molecule has 0 unspecified atom stereocenters. The average molecular weight is 409 g/mol. The predicted molar refractivity (Wildman–Crippen MR) is 104 cm³/mol. The maximum absolute atomic E-state index is 11.8. The number of hydrogen-bond acceptors (Lipinski definition) is 6. The van der Waals surface area contributed by atoms with Gasteiger partial charge in [-0.2, -0.15) is 14.6 Å². The van der Waals surface area contributed by atoms with Crippen LogP contribution in [0.4, 0.5) is 5.95 Å². The Labute approximate surface area is 164 Å². The van der Waals surface area contributed by atoms with Crippen LogP contribution in [0.1, 0.15) is 24.4 Å². The fourth-order valence-corrected chi connectivity index (χ4v) is 3.69. The Bertz CT molecular complexity index is 1020. The summed E-state index contributed by atoms with van der Waals surface area (Å²) < 4.78 is 6.89. The lowest BCUT2D eigenvalue weighted by molar-refractivity contribution is 0.253. The van der Waals surface area contributed by atoms with Crippen LogP contribution in [0.15, 0.2) is 29.2 Å². The lowest BCUT2D eigenvalue weighted by atomic mass is 10.0. The molecule has 3 aromatic rings. The maximum atomic E-state index is 11.8. The standard InChI is InChI=1S/C17H18Cl2N6O2/c18-10-8-11-13(3-7-27-15(11)12(19)9-10)20-4-1-5-21-16-23-14-2-6-22-25(14)17(26)24-16/h2,6,8-9,13,20H,1,3-5,7H2,(H2,21,23,24,26)/t13-/m1/s1. The summed E-state index contributed by atoms with van der Waals surface area (Å²) in [6.45, 7) is 2.05.